The van der Waals surface area contributed by atoms with Gasteiger partial charge in [-0.3, -0.25) is 14.9 Å². The van der Waals surface area contributed by atoms with E-state index < -0.39 is 10.8 Å². The number of amides is 1. The molecule has 0 saturated heterocycles. The van der Waals surface area contributed by atoms with Crippen molar-refractivity contribution in [3.05, 3.63) is 28.1 Å². The Labute approximate surface area is 111 Å². The number of aliphatic hydroxyl groups excluding tert-OH is 1. The number of hydrogen-bond acceptors (Lipinski definition) is 4. The van der Waals surface area contributed by atoms with Gasteiger partial charge in [0.25, 0.3) is 11.6 Å². The highest BCUT2D eigenvalue weighted by Crippen LogP contribution is 2.17. The Hall–Kier alpha value is -1.89. The summed E-state index contributed by atoms with van der Waals surface area (Å²) in [5.74, 6) is -0.401. The number of aromatic nitrogens is 1. The van der Waals surface area contributed by atoms with Crippen molar-refractivity contribution in [1.82, 2.24) is 9.88 Å². The summed E-state index contributed by atoms with van der Waals surface area (Å²) in [7, 11) is 0. The molecule has 0 aliphatic rings. The molecule has 0 radical (unpaired) electrons. The van der Waals surface area contributed by atoms with Crippen molar-refractivity contribution >= 4 is 11.6 Å². The number of carbonyl (C=O) groups excluding carboxylic acids is 1. The monoisotopic (exact) mass is 269 g/mol. The van der Waals surface area contributed by atoms with Crippen molar-refractivity contribution in [2.75, 3.05) is 6.61 Å². The first-order chi connectivity index (χ1) is 9.03. The molecule has 1 aromatic heterocycles. The molecule has 1 atom stereocenters. The van der Waals surface area contributed by atoms with E-state index in [0.717, 1.165) is 6.42 Å². The number of hydrogen-bond donors (Lipinski definition) is 2. The molecule has 0 aromatic carbocycles. The van der Waals surface area contributed by atoms with E-state index in [2.05, 4.69) is 5.32 Å². The van der Waals surface area contributed by atoms with Crippen molar-refractivity contribution in [3.8, 4) is 0 Å². The van der Waals surface area contributed by atoms with Crippen LogP contribution in [0.15, 0.2) is 12.3 Å². The second-order valence-corrected chi connectivity index (χ2v) is 4.30. The number of nitrogens with one attached hydrogen (secondary N) is 1. The SMILES string of the molecule is CCCn1cc([N+](=O)[O-])cc1C(=O)NC(CC)CO. The maximum atomic E-state index is 12.0. The van der Waals surface area contributed by atoms with Crippen LogP contribution in [0.1, 0.15) is 37.2 Å². The van der Waals surface area contributed by atoms with E-state index >= 15 is 0 Å². The predicted molar refractivity (Wildman–Crippen MR) is 70.0 cm³/mol. The van der Waals surface area contributed by atoms with E-state index in [4.69, 9.17) is 5.11 Å². The molecule has 7 heteroatoms. The molecule has 2 N–H and O–H groups in total. The van der Waals surface area contributed by atoms with Gasteiger partial charge in [-0.15, -0.1) is 0 Å². The van der Waals surface area contributed by atoms with Crippen LogP contribution in [0.3, 0.4) is 0 Å². The minimum Gasteiger partial charge on any atom is -0.394 e. The molecule has 0 fully saturated rings. The maximum absolute atomic E-state index is 12.0. The fourth-order valence-corrected chi connectivity index (χ4v) is 1.75. The lowest BCUT2D eigenvalue weighted by Gasteiger charge is -2.14. The molecule has 106 valence electrons. The quantitative estimate of drug-likeness (QED) is 0.576. The fourth-order valence-electron chi connectivity index (χ4n) is 1.75. The van der Waals surface area contributed by atoms with Gasteiger partial charge in [-0.2, -0.15) is 0 Å². The van der Waals surface area contributed by atoms with E-state index in [-0.39, 0.29) is 24.0 Å². The normalized spacial score (nSPS) is 12.2. The smallest absolute Gasteiger partial charge is 0.287 e. The van der Waals surface area contributed by atoms with Crippen LogP contribution in [0.4, 0.5) is 5.69 Å². The third-order valence-electron chi connectivity index (χ3n) is 2.84. The Bertz CT molecular complexity index is 452. The number of aryl methyl sites for hydroxylation is 1. The molecule has 1 heterocycles. The highest BCUT2D eigenvalue weighted by molar-refractivity contribution is 5.93. The van der Waals surface area contributed by atoms with Crippen LogP contribution in [0.2, 0.25) is 0 Å². The van der Waals surface area contributed by atoms with Gasteiger partial charge < -0.3 is 15.0 Å². The Morgan fingerprint density at radius 1 is 1.58 bits per heavy atom. The predicted octanol–water partition coefficient (Wildman–Crippen LogP) is 1.31. The van der Waals surface area contributed by atoms with Crippen LogP contribution in [-0.2, 0) is 6.54 Å². The Balaban J connectivity index is 2.96. The minimum absolute atomic E-state index is 0.101. The molecular weight excluding hydrogens is 250 g/mol. The van der Waals surface area contributed by atoms with Gasteiger partial charge in [-0.05, 0) is 12.8 Å². The molecule has 1 unspecified atom stereocenters. The van der Waals surface area contributed by atoms with E-state index in [0.29, 0.717) is 13.0 Å². The Kier molecular flexibility index (Phi) is 5.50. The van der Waals surface area contributed by atoms with Gasteiger partial charge in [-0.1, -0.05) is 13.8 Å². The van der Waals surface area contributed by atoms with Crippen LogP contribution in [0, 0.1) is 10.1 Å². The zero-order valence-electron chi connectivity index (χ0n) is 11.1. The van der Waals surface area contributed by atoms with Gasteiger partial charge in [0.05, 0.1) is 23.8 Å². The molecule has 1 aromatic rings. The number of carbonyl (C=O) groups is 1. The first-order valence-electron chi connectivity index (χ1n) is 6.29. The highest BCUT2D eigenvalue weighted by atomic mass is 16.6. The summed E-state index contributed by atoms with van der Waals surface area (Å²) in [6.45, 7) is 4.15. The molecule has 0 saturated carbocycles. The lowest BCUT2D eigenvalue weighted by molar-refractivity contribution is -0.384. The molecule has 0 aliphatic carbocycles. The summed E-state index contributed by atoms with van der Waals surface area (Å²) in [6.07, 6.45) is 2.72. The van der Waals surface area contributed by atoms with E-state index in [1.54, 1.807) is 4.57 Å². The number of rotatable bonds is 7. The van der Waals surface area contributed by atoms with Gasteiger partial charge in [-0.25, -0.2) is 0 Å². The topological polar surface area (TPSA) is 97.4 Å². The molecule has 1 amide bonds. The van der Waals surface area contributed by atoms with E-state index in [1.807, 2.05) is 13.8 Å². The molecule has 1 rings (SSSR count). The summed E-state index contributed by atoms with van der Waals surface area (Å²) in [5.41, 5.74) is 0.149. The van der Waals surface area contributed by atoms with Crippen LogP contribution < -0.4 is 5.32 Å². The molecule has 7 nitrogen and oxygen atoms in total. The van der Waals surface area contributed by atoms with Crippen LogP contribution in [-0.4, -0.2) is 33.2 Å². The summed E-state index contributed by atoms with van der Waals surface area (Å²) in [6, 6.07) is 0.922. The highest BCUT2D eigenvalue weighted by Gasteiger charge is 2.20. The number of nitrogens with zero attached hydrogens (tertiary/aromatic N) is 2. The zero-order valence-corrected chi connectivity index (χ0v) is 11.1. The fraction of sp³-hybridized carbons (Fsp3) is 0.583. The second-order valence-electron chi connectivity index (χ2n) is 4.30. The maximum Gasteiger partial charge on any atom is 0.287 e. The summed E-state index contributed by atoms with van der Waals surface area (Å²) < 4.78 is 1.57. The van der Waals surface area contributed by atoms with Crippen LogP contribution in [0.5, 0.6) is 0 Å². The summed E-state index contributed by atoms with van der Waals surface area (Å²) in [4.78, 5) is 22.3. The average molecular weight is 269 g/mol. The molecule has 0 bridgehead atoms. The second kappa shape index (κ2) is 6.89. The molecule has 0 aliphatic heterocycles. The Morgan fingerprint density at radius 2 is 2.26 bits per heavy atom. The standard InChI is InChI=1S/C12H19N3O4/c1-3-5-14-7-10(15(18)19)6-11(14)12(17)13-9(4-2)8-16/h6-7,9,16H,3-5,8H2,1-2H3,(H,13,17). The van der Waals surface area contributed by atoms with Crippen LogP contribution in [0.25, 0.3) is 0 Å². The van der Waals surface area contributed by atoms with Gasteiger partial charge in [0.1, 0.15) is 5.69 Å². The van der Waals surface area contributed by atoms with Gasteiger partial charge in [0.2, 0.25) is 0 Å². The lowest BCUT2D eigenvalue weighted by Crippen LogP contribution is -2.37. The number of aliphatic hydroxyl groups is 1. The number of nitro groups is 1. The summed E-state index contributed by atoms with van der Waals surface area (Å²) >= 11 is 0. The van der Waals surface area contributed by atoms with Crippen LogP contribution >= 0.6 is 0 Å². The van der Waals surface area contributed by atoms with E-state index in [1.165, 1.54) is 12.3 Å². The molecule has 19 heavy (non-hydrogen) atoms. The lowest BCUT2D eigenvalue weighted by atomic mass is 10.2. The molecule has 0 spiro atoms. The first-order valence-corrected chi connectivity index (χ1v) is 6.29. The third kappa shape index (κ3) is 3.78. The first kappa shape index (κ1) is 15.2. The van der Waals surface area contributed by atoms with Gasteiger partial charge in [0.15, 0.2) is 0 Å². The van der Waals surface area contributed by atoms with Gasteiger partial charge >= 0.3 is 0 Å². The molecular formula is C12H19N3O4. The minimum atomic E-state index is -0.522. The van der Waals surface area contributed by atoms with Crippen molar-refractivity contribution in [2.45, 2.75) is 39.3 Å². The Morgan fingerprint density at radius 3 is 2.74 bits per heavy atom. The zero-order chi connectivity index (χ0) is 14.4. The van der Waals surface area contributed by atoms with Crippen molar-refractivity contribution in [1.29, 1.82) is 0 Å². The summed E-state index contributed by atoms with van der Waals surface area (Å²) in [5, 5.41) is 22.5. The average Bonchev–Trinajstić information content (AvgIpc) is 2.80. The largest absolute Gasteiger partial charge is 0.394 e. The van der Waals surface area contributed by atoms with Crippen molar-refractivity contribution < 1.29 is 14.8 Å². The third-order valence-corrected chi connectivity index (χ3v) is 2.84. The van der Waals surface area contributed by atoms with Crippen molar-refractivity contribution in [2.24, 2.45) is 0 Å². The van der Waals surface area contributed by atoms with E-state index in [9.17, 15) is 14.9 Å². The van der Waals surface area contributed by atoms with Crippen molar-refractivity contribution in [3.63, 3.8) is 0 Å². The van der Waals surface area contributed by atoms with Gasteiger partial charge in [0, 0.05) is 12.6 Å².